The van der Waals surface area contributed by atoms with Crippen molar-refractivity contribution in [1.29, 1.82) is 0 Å². The Morgan fingerprint density at radius 3 is 2.71 bits per heavy atom. The van der Waals surface area contributed by atoms with Crippen LogP contribution in [0.5, 0.6) is 5.75 Å². The summed E-state index contributed by atoms with van der Waals surface area (Å²) in [4.78, 5) is 4.14. The van der Waals surface area contributed by atoms with Crippen LogP contribution < -0.4 is 15.8 Å². The van der Waals surface area contributed by atoms with E-state index < -0.39 is 0 Å². The Bertz CT molecular complexity index is 799. The number of hydrogen-bond donors (Lipinski definition) is 2. The number of pyridine rings is 1. The summed E-state index contributed by atoms with van der Waals surface area (Å²) in [6, 6.07) is 11.8. The lowest BCUT2D eigenvalue weighted by atomic mass is 10.1. The summed E-state index contributed by atoms with van der Waals surface area (Å²) < 4.78 is 5.41. The highest BCUT2D eigenvalue weighted by molar-refractivity contribution is 6.01. The Labute approximate surface area is 123 Å². The number of nitrogens with one attached hydrogen (secondary N) is 1. The van der Waals surface area contributed by atoms with Crippen molar-refractivity contribution in [3.63, 3.8) is 0 Å². The van der Waals surface area contributed by atoms with Gasteiger partial charge in [0, 0.05) is 34.5 Å². The molecular formula is C17H17N3O. The first kappa shape index (κ1) is 13.2. The van der Waals surface area contributed by atoms with Gasteiger partial charge < -0.3 is 15.8 Å². The fourth-order valence-corrected chi connectivity index (χ4v) is 2.39. The summed E-state index contributed by atoms with van der Waals surface area (Å²) in [7, 11) is 1.67. The number of hydrogen-bond acceptors (Lipinski definition) is 4. The van der Waals surface area contributed by atoms with Gasteiger partial charge in [0.1, 0.15) is 5.75 Å². The van der Waals surface area contributed by atoms with Crippen LogP contribution in [0.1, 0.15) is 5.56 Å². The van der Waals surface area contributed by atoms with Crippen LogP contribution in [0.25, 0.3) is 10.8 Å². The number of nitrogens with two attached hydrogens (primary N) is 1. The Morgan fingerprint density at radius 2 is 1.90 bits per heavy atom. The standard InChI is InChI=1S/C17H17N3O/c1-11-3-6-17(21-2)16(9-11)20-15-5-4-14(18)13-10-19-8-7-12(13)15/h3-10,20H,18H2,1-2H3. The number of benzene rings is 2. The maximum absolute atomic E-state index is 6.01. The van der Waals surface area contributed by atoms with E-state index in [4.69, 9.17) is 10.5 Å². The van der Waals surface area contributed by atoms with Crippen molar-refractivity contribution in [1.82, 2.24) is 4.98 Å². The van der Waals surface area contributed by atoms with Crippen molar-refractivity contribution in [2.45, 2.75) is 6.92 Å². The third-order valence-electron chi connectivity index (χ3n) is 3.48. The average molecular weight is 279 g/mol. The molecule has 0 aliphatic rings. The zero-order valence-corrected chi connectivity index (χ0v) is 12.1. The van der Waals surface area contributed by atoms with E-state index in [9.17, 15) is 0 Å². The van der Waals surface area contributed by atoms with Crippen LogP contribution in [-0.2, 0) is 0 Å². The number of nitrogen functional groups attached to an aromatic ring is 1. The zero-order chi connectivity index (χ0) is 14.8. The van der Waals surface area contributed by atoms with Gasteiger partial charge in [0.05, 0.1) is 12.8 Å². The lowest BCUT2D eigenvalue weighted by Crippen LogP contribution is -1.97. The molecule has 0 unspecified atom stereocenters. The molecule has 4 nitrogen and oxygen atoms in total. The number of aromatic nitrogens is 1. The van der Waals surface area contributed by atoms with Gasteiger partial charge in [-0.05, 0) is 42.8 Å². The predicted molar refractivity (Wildman–Crippen MR) is 87.2 cm³/mol. The van der Waals surface area contributed by atoms with E-state index in [0.717, 1.165) is 33.6 Å². The molecule has 0 radical (unpaired) electrons. The van der Waals surface area contributed by atoms with Crippen molar-refractivity contribution in [2.75, 3.05) is 18.2 Å². The molecule has 3 N–H and O–H groups in total. The van der Waals surface area contributed by atoms with Gasteiger partial charge in [-0.3, -0.25) is 4.98 Å². The molecule has 0 fully saturated rings. The average Bonchev–Trinajstić information content (AvgIpc) is 2.51. The predicted octanol–water partition coefficient (Wildman–Crippen LogP) is 3.88. The van der Waals surface area contributed by atoms with Crippen molar-refractivity contribution in [3.8, 4) is 5.75 Å². The first-order valence-electron chi connectivity index (χ1n) is 6.73. The van der Waals surface area contributed by atoms with E-state index in [0.29, 0.717) is 0 Å². The van der Waals surface area contributed by atoms with Gasteiger partial charge in [-0.25, -0.2) is 0 Å². The van der Waals surface area contributed by atoms with Crippen LogP contribution in [-0.4, -0.2) is 12.1 Å². The second-order valence-corrected chi connectivity index (χ2v) is 4.95. The van der Waals surface area contributed by atoms with Crippen molar-refractivity contribution in [3.05, 3.63) is 54.4 Å². The van der Waals surface area contributed by atoms with E-state index in [1.807, 2.05) is 30.3 Å². The normalized spacial score (nSPS) is 10.6. The Hall–Kier alpha value is -2.75. The lowest BCUT2D eigenvalue weighted by molar-refractivity contribution is 0.416. The third kappa shape index (κ3) is 2.48. The SMILES string of the molecule is COc1ccc(C)cc1Nc1ccc(N)c2cnccc12. The molecule has 0 bridgehead atoms. The van der Waals surface area contributed by atoms with Crippen molar-refractivity contribution in [2.24, 2.45) is 0 Å². The van der Waals surface area contributed by atoms with E-state index in [2.05, 4.69) is 23.3 Å². The topological polar surface area (TPSA) is 60.2 Å². The van der Waals surface area contributed by atoms with Crippen LogP contribution in [0.15, 0.2) is 48.8 Å². The van der Waals surface area contributed by atoms with Crippen LogP contribution in [0.3, 0.4) is 0 Å². The molecule has 4 heteroatoms. The smallest absolute Gasteiger partial charge is 0.142 e. The van der Waals surface area contributed by atoms with Gasteiger partial charge in [-0.15, -0.1) is 0 Å². The number of ether oxygens (including phenoxy) is 1. The Morgan fingerprint density at radius 1 is 1.05 bits per heavy atom. The highest BCUT2D eigenvalue weighted by Gasteiger charge is 2.08. The quantitative estimate of drug-likeness (QED) is 0.714. The monoisotopic (exact) mass is 279 g/mol. The van der Waals surface area contributed by atoms with Gasteiger partial charge >= 0.3 is 0 Å². The van der Waals surface area contributed by atoms with E-state index in [1.54, 1.807) is 19.5 Å². The highest BCUT2D eigenvalue weighted by atomic mass is 16.5. The molecule has 2 aromatic carbocycles. The molecule has 0 amide bonds. The van der Waals surface area contributed by atoms with Crippen LogP contribution >= 0.6 is 0 Å². The maximum Gasteiger partial charge on any atom is 0.142 e. The molecule has 1 aromatic heterocycles. The third-order valence-corrected chi connectivity index (χ3v) is 3.48. The summed E-state index contributed by atoms with van der Waals surface area (Å²) in [5.41, 5.74) is 9.80. The Balaban J connectivity index is 2.11. The first-order valence-corrected chi connectivity index (χ1v) is 6.73. The maximum atomic E-state index is 6.01. The van der Waals surface area contributed by atoms with Crippen molar-refractivity contribution < 1.29 is 4.74 Å². The summed E-state index contributed by atoms with van der Waals surface area (Å²) in [5, 5.41) is 5.40. The molecule has 0 atom stereocenters. The minimum atomic E-state index is 0.722. The second-order valence-electron chi connectivity index (χ2n) is 4.95. The van der Waals surface area contributed by atoms with Gasteiger partial charge in [-0.2, -0.15) is 0 Å². The summed E-state index contributed by atoms with van der Waals surface area (Å²) in [5.74, 6) is 0.805. The summed E-state index contributed by atoms with van der Waals surface area (Å²) in [6.07, 6.45) is 3.55. The lowest BCUT2D eigenvalue weighted by Gasteiger charge is -2.14. The molecule has 3 aromatic rings. The van der Waals surface area contributed by atoms with Gasteiger partial charge in [0.25, 0.3) is 0 Å². The molecule has 0 aliphatic carbocycles. The number of nitrogens with zero attached hydrogens (tertiary/aromatic N) is 1. The largest absolute Gasteiger partial charge is 0.495 e. The number of anilines is 3. The fraction of sp³-hybridized carbons (Fsp3) is 0.118. The van der Waals surface area contributed by atoms with E-state index in [1.165, 1.54) is 5.56 Å². The fourth-order valence-electron chi connectivity index (χ4n) is 2.39. The van der Waals surface area contributed by atoms with Gasteiger partial charge in [-0.1, -0.05) is 6.07 Å². The minimum absolute atomic E-state index is 0.722. The van der Waals surface area contributed by atoms with Gasteiger partial charge in [0.15, 0.2) is 0 Å². The molecule has 0 spiro atoms. The number of aryl methyl sites for hydroxylation is 1. The number of fused-ring (bicyclic) bond motifs is 1. The van der Waals surface area contributed by atoms with Crippen LogP contribution in [0.4, 0.5) is 17.1 Å². The number of methoxy groups -OCH3 is 1. The Kier molecular flexibility index (Phi) is 3.36. The minimum Gasteiger partial charge on any atom is -0.495 e. The molecule has 106 valence electrons. The molecule has 0 saturated heterocycles. The molecule has 3 rings (SSSR count). The first-order chi connectivity index (χ1) is 10.2. The zero-order valence-electron chi connectivity index (χ0n) is 12.1. The van der Waals surface area contributed by atoms with E-state index >= 15 is 0 Å². The highest BCUT2D eigenvalue weighted by Crippen LogP contribution is 2.33. The molecule has 1 heterocycles. The summed E-state index contributed by atoms with van der Waals surface area (Å²) in [6.45, 7) is 2.05. The summed E-state index contributed by atoms with van der Waals surface area (Å²) >= 11 is 0. The molecule has 0 saturated carbocycles. The van der Waals surface area contributed by atoms with Crippen LogP contribution in [0, 0.1) is 6.92 Å². The van der Waals surface area contributed by atoms with Crippen molar-refractivity contribution >= 4 is 27.8 Å². The van der Waals surface area contributed by atoms with E-state index in [-0.39, 0.29) is 0 Å². The molecule has 21 heavy (non-hydrogen) atoms. The molecular weight excluding hydrogens is 262 g/mol. The molecule has 0 aliphatic heterocycles. The van der Waals surface area contributed by atoms with Gasteiger partial charge in [0.2, 0.25) is 0 Å². The number of rotatable bonds is 3. The van der Waals surface area contributed by atoms with Crippen LogP contribution in [0.2, 0.25) is 0 Å². The second kappa shape index (κ2) is 5.32.